The van der Waals surface area contributed by atoms with Crippen molar-refractivity contribution in [2.75, 3.05) is 0 Å². The summed E-state index contributed by atoms with van der Waals surface area (Å²) < 4.78 is 29.9. The zero-order valence-corrected chi connectivity index (χ0v) is 13.7. The van der Waals surface area contributed by atoms with Crippen LogP contribution >= 0.6 is 0 Å². The molecule has 0 bridgehead atoms. The van der Waals surface area contributed by atoms with Gasteiger partial charge in [0.25, 0.3) is 0 Å². The molecule has 128 valence electrons. The van der Waals surface area contributed by atoms with Gasteiger partial charge in [-0.15, -0.1) is 0 Å². The van der Waals surface area contributed by atoms with Crippen molar-refractivity contribution < 1.29 is 8.78 Å². The lowest BCUT2D eigenvalue weighted by Gasteiger charge is -2.10. The second-order valence-electron chi connectivity index (χ2n) is 5.97. The lowest BCUT2D eigenvalue weighted by molar-refractivity contribution is 0.589. The number of benzene rings is 2. The first-order valence-electron chi connectivity index (χ1n) is 8.13. The van der Waals surface area contributed by atoms with Crippen molar-refractivity contribution in [1.29, 1.82) is 0 Å². The van der Waals surface area contributed by atoms with Gasteiger partial charge >= 0.3 is 0 Å². The van der Waals surface area contributed by atoms with E-state index in [1.165, 1.54) is 22.8 Å². The minimum absolute atomic E-state index is 0.0261. The van der Waals surface area contributed by atoms with E-state index in [4.69, 9.17) is 0 Å². The molecule has 0 atom stereocenters. The van der Waals surface area contributed by atoms with Crippen LogP contribution in [0.1, 0.15) is 11.3 Å². The lowest BCUT2D eigenvalue weighted by Crippen LogP contribution is -2.11. The fraction of sp³-hybridized carbons (Fsp3) is 0.0476. The van der Waals surface area contributed by atoms with Crippen LogP contribution in [0.4, 0.5) is 8.78 Å². The van der Waals surface area contributed by atoms with Crippen LogP contribution in [0, 0.1) is 11.6 Å². The Morgan fingerprint density at radius 3 is 2.27 bits per heavy atom. The van der Waals surface area contributed by atoms with Crippen molar-refractivity contribution in [3.05, 3.63) is 106 Å². The monoisotopic (exact) mass is 348 g/mol. The molecule has 2 aromatic carbocycles. The number of fused-ring (bicyclic) bond motifs is 1. The molecule has 0 aliphatic rings. The summed E-state index contributed by atoms with van der Waals surface area (Å²) in [7, 11) is 0. The van der Waals surface area contributed by atoms with Crippen LogP contribution < -0.4 is 5.43 Å². The quantitative estimate of drug-likeness (QED) is 0.555. The highest BCUT2D eigenvalue weighted by Gasteiger charge is 2.17. The number of rotatable bonds is 3. The van der Waals surface area contributed by atoms with E-state index >= 15 is 0 Å². The Morgan fingerprint density at radius 1 is 0.808 bits per heavy atom. The van der Waals surface area contributed by atoms with Crippen molar-refractivity contribution in [1.82, 2.24) is 9.61 Å². The minimum Gasteiger partial charge on any atom is -0.289 e. The molecule has 3 nitrogen and oxygen atoms in total. The van der Waals surface area contributed by atoms with Crippen molar-refractivity contribution in [3.63, 3.8) is 0 Å². The summed E-state index contributed by atoms with van der Waals surface area (Å²) in [6.45, 7) is 0. The van der Waals surface area contributed by atoms with Crippen LogP contribution in [0.3, 0.4) is 0 Å². The Labute approximate surface area is 148 Å². The Morgan fingerprint density at radius 2 is 1.54 bits per heavy atom. The maximum atomic E-state index is 14.2. The Balaban J connectivity index is 1.87. The molecule has 0 amide bonds. The first-order chi connectivity index (χ1) is 12.6. The zero-order valence-electron chi connectivity index (χ0n) is 13.7. The van der Waals surface area contributed by atoms with Gasteiger partial charge < -0.3 is 0 Å². The molecule has 0 radical (unpaired) electrons. The Bertz CT molecular complexity index is 1130. The molecule has 5 heteroatoms. The van der Waals surface area contributed by atoms with E-state index in [1.807, 2.05) is 30.3 Å². The smallest absolute Gasteiger partial charge is 0.190 e. The molecule has 0 saturated heterocycles. The van der Waals surface area contributed by atoms with E-state index in [1.54, 1.807) is 12.1 Å². The van der Waals surface area contributed by atoms with Gasteiger partial charge in [-0.25, -0.2) is 13.3 Å². The summed E-state index contributed by atoms with van der Waals surface area (Å²) in [5.41, 5.74) is 1.44. The third-order valence-electron chi connectivity index (χ3n) is 4.23. The molecule has 2 aromatic heterocycles. The van der Waals surface area contributed by atoms with Gasteiger partial charge in [-0.05, 0) is 29.8 Å². The van der Waals surface area contributed by atoms with Gasteiger partial charge in [-0.2, -0.15) is 5.10 Å². The van der Waals surface area contributed by atoms with Gasteiger partial charge in [-0.1, -0.05) is 36.4 Å². The van der Waals surface area contributed by atoms with Gasteiger partial charge in [0.15, 0.2) is 5.43 Å². The van der Waals surface area contributed by atoms with Crippen LogP contribution in [-0.2, 0) is 6.42 Å². The number of nitrogens with zero attached hydrogens (tertiary/aromatic N) is 2. The maximum Gasteiger partial charge on any atom is 0.190 e. The van der Waals surface area contributed by atoms with Crippen LogP contribution in [0.2, 0.25) is 0 Å². The average molecular weight is 348 g/mol. The zero-order chi connectivity index (χ0) is 18.1. The van der Waals surface area contributed by atoms with Crippen LogP contribution in [0.5, 0.6) is 0 Å². The highest BCUT2D eigenvalue weighted by Crippen LogP contribution is 2.26. The summed E-state index contributed by atoms with van der Waals surface area (Å²) in [6, 6.07) is 18.1. The standard InChI is InChI=1S/C21H14F2N2O/c22-16-7-4-8-17(23)20(16)21-18-10-9-15(13-14-5-2-1-3-6-14)24-25(18)12-11-19(21)26/h1-12H,13H2. The third-order valence-corrected chi connectivity index (χ3v) is 4.23. The first kappa shape index (κ1) is 16.1. The first-order valence-corrected chi connectivity index (χ1v) is 8.13. The molecule has 2 heterocycles. The molecule has 4 rings (SSSR count). The van der Waals surface area contributed by atoms with Crippen LogP contribution in [0.15, 0.2) is 77.7 Å². The topological polar surface area (TPSA) is 34.4 Å². The van der Waals surface area contributed by atoms with Gasteiger partial charge in [0.1, 0.15) is 11.6 Å². The highest BCUT2D eigenvalue weighted by atomic mass is 19.1. The van der Waals surface area contributed by atoms with Crippen molar-refractivity contribution in [3.8, 4) is 11.1 Å². The molecular formula is C21H14F2N2O. The van der Waals surface area contributed by atoms with E-state index in [0.29, 0.717) is 11.9 Å². The fourth-order valence-electron chi connectivity index (χ4n) is 3.02. The maximum absolute atomic E-state index is 14.2. The van der Waals surface area contributed by atoms with Crippen LogP contribution in [-0.4, -0.2) is 9.61 Å². The van der Waals surface area contributed by atoms with E-state index in [-0.39, 0.29) is 11.1 Å². The van der Waals surface area contributed by atoms with Gasteiger partial charge in [0, 0.05) is 18.7 Å². The molecule has 4 aromatic rings. The summed E-state index contributed by atoms with van der Waals surface area (Å²) >= 11 is 0. The molecular weight excluding hydrogens is 334 g/mol. The van der Waals surface area contributed by atoms with Crippen LogP contribution in [0.25, 0.3) is 16.6 Å². The molecule has 26 heavy (non-hydrogen) atoms. The molecule has 0 N–H and O–H groups in total. The summed E-state index contributed by atoms with van der Waals surface area (Å²) in [4.78, 5) is 12.3. The van der Waals surface area contributed by atoms with Gasteiger partial charge in [0.05, 0.1) is 22.3 Å². The van der Waals surface area contributed by atoms with E-state index in [9.17, 15) is 13.6 Å². The van der Waals surface area contributed by atoms with Gasteiger partial charge in [-0.3, -0.25) is 4.79 Å². The fourth-order valence-corrected chi connectivity index (χ4v) is 3.02. The Hall–Kier alpha value is -3.34. The number of hydrogen-bond acceptors (Lipinski definition) is 2. The summed E-state index contributed by atoms with van der Waals surface area (Å²) in [6.07, 6.45) is 2.13. The van der Waals surface area contributed by atoms with E-state index in [0.717, 1.165) is 23.4 Å². The highest BCUT2D eigenvalue weighted by molar-refractivity contribution is 5.80. The predicted octanol–water partition coefficient (Wildman–Crippen LogP) is 4.23. The molecule has 0 fully saturated rings. The minimum atomic E-state index is -0.774. The third kappa shape index (κ3) is 2.88. The molecule has 0 aliphatic carbocycles. The average Bonchev–Trinajstić information content (AvgIpc) is 2.64. The molecule has 0 unspecified atom stereocenters. The van der Waals surface area contributed by atoms with Gasteiger partial charge in [0.2, 0.25) is 0 Å². The van der Waals surface area contributed by atoms with E-state index in [2.05, 4.69) is 5.10 Å². The van der Waals surface area contributed by atoms with Crippen molar-refractivity contribution in [2.45, 2.75) is 6.42 Å². The number of pyridine rings is 1. The lowest BCUT2D eigenvalue weighted by atomic mass is 10.0. The SMILES string of the molecule is O=c1ccn2nc(Cc3ccccc3)ccc2c1-c1c(F)cccc1F. The predicted molar refractivity (Wildman–Crippen MR) is 96.1 cm³/mol. The number of halogens is 2. The summed E-state index contributed by atoms with van der Waals surface area (Å²) in [5.74, 6) is -1.55. The number of hydrogen-bond donors (Lipinski definition) is 0. The Kier molecular flexibility index (Phi) is 4.05. The van der Waals surface area contributed by atoms with Crippen molar-refractivity contribution >= 4 is 5.52 Å². The molecule has 0 spiro atoms. The molecule has 0 aliphatic heterocycles. The molecule has 0 saturated carbocycles. The number of aromatic nitrogens is 2. The summed E-state index contributed by atoms with van der Waals surface area (Å²) in [5, 5.41) is 4.49. The van der Waals surface area contributed by atoms with Crippen molar-refractivity contribution in [2.24, 2.45) is 0 Å². The second kappa shape index (κ2) is 6.52. The second-order valence-corrected chi connectivity index (χ2v) is 5.97. The van der Waals surface area contributed by atoms with E-state index < -0.39 is 17.1 Å². The largest absolute Gasteiger partial charge is 0.289 e. The normalized spacial score (nSPS) is 11.0.